The number of nitrogens with one attached hydrogen (secondary N) is 1. The van der Waals surface area contributed by atoms with E-state index in [-0.39, 0.29) is 0 Å². The molecule has 19 heavy (non-hydrogen) atoms. The van der Waals surface area contributed by atoms with Gasteiger partial charge in [0.05, 0.1) is 16.1 Å². The van der Waals surface area contributed by atoms with E-state index in [9.17, 15) is 0 Å². The number of benzene rings is 1. The molecule has 1 saturated carbocycles. The molecule has 0 spiro atoms. The van der Waals surface area contributed by atoms with Crippen molar-refractivity contribution in [1.82, 2.24) is 5.43 Å². The van der Waals surface area contributed by atoms with Crippen molar-refractivity contribution in [2.24, 2.45) is 10.8 Å². The summed E-state index contributed by atoms with van der Waals surface area (Å²) in [5.41, 5.74) is 3.76. The van der Waals surface area contributed by atoms with E-state index < -0.39 is 0 Å². The molecule has 1 aromatic rings. The van der Waals surface area contributed by atoms with Crippen molar-refractivity contribution in [3.05, 3.63) is 33.8 Å². The fourth-order valence-corrected chi connectivity index (χ4v) is 2.73. The fraction of sp³-hybridized carbons (Fsp3) is 0.500. The number of aliphatic imine (C=N–C) groups is 1. The van der Waals surface area contributed by atoms with Gasteiger partial charge in [-0.15, -0.1) is 0 Å². The summed E-state index contributed by atoms with van der Waals surface area (Å²) < 4.78 is 0. The minimum Gasteiger partial charge on any atom is -0.312 e. The van der Waals surface area contributed by atoms with Crippen molar-refractivity contribution < 1.29 is 0 Å². The Morgan fingerprint density at radius 1 is 1.21 bits per heavy atom. The Morgan fingerprint density at radius 2 is 1.95 bits per heavy atom. The van der Waals surface area contributed by atoms with Crippen molar-refractivity contribution >= 4 is 29.0 Å². The van der Waals surface area contributed by atoms with Gasteiger partial charge in [0, 0.05) is 6.42 Å². The van der Waals surface area contributed by atoms with Gasteiger partial charge in [0.2, 0.25) is 0 Å². The van der Waals surface area contributed by atoms with Crippen LogP contribution in [0.4, 0.5) is 0 Å². The summed E-state index contributed by atoms with van der Waals surface area (Å²) in [6.45, 7) is 0. The fourth-order valence-electron chi connectivity index (χ4n) is 2.41. The van der Waals surface area contributed by atoms with Gasteiger partial charge in [-0.2, -0.15) is 0 Å². The van der Waals surface area contributed by atoms with E-state index >= 15 is 0 Å². The Bertz CT molecular complexity index is 454. The maximum atomic E-state index is 6.01. The van der Waals surface area contributed by atoms with E-state index in [2.05, 4.69) is 5.43 Å². The summed E-state index contributed by atoms with van der Waals surface area (Å²) >= 11 is 11.9. The number of rotatable bonds is 3. The molecule has 1 aliphatic carbocycles. The molecule has 1 fully saturated rings. The maximum absolute atomic E-state index is 6.01. The molecular weight excluding hydrogens is 281 g/mol. The molecule has 0 heterocycles. The molecule has 5 heteroatoms. The first-order valence-corrected chi connectivity index (χ1v) is 7.42. The first kappa shape index (κ1) is 14.6. The lowest BCUT2D eigenvalue weighted by Gasteiger charge is -2.19. The van der Waals surface area contributed by atoms with Crippen LogP contribution >= 0.6 is 23.2 Å². The van der Waals surface area contributed by atoms with Crippen LogP contribution in [0.15, 0.2) is 23.2 Å². The van der Waals surface area contributed by atoms with Crippen LogP contribution < -0.4 is 11.3 Å². The largest absolute Gasteiger partial charge is 0.312 e. The molecular formula is C14H19Cl2N3. The van der Waals surface area contributed by atoms with E-state index in [4.69, 9.17) is 34.0 Å². The molecule has 0 radical (unpaired) electrons. The molecule has 0 saturated heterocycles. The smallest absolute Gasteiger partial charge is 0.115 e. The third-order valence-corrected chi connectivity index (χ3v) is 4.17. The number of nitrogens with zero attached hydrogens (tertiary/aromatic N) is 1. The van der Waals surface area contributed by atoms with Crippen LogP contribution in [-0.4, -0.2) is 11.9 Å². The minimum atomic E-state index is 0.405. The average Bonchev–Trinajstić information content (AvgIpc) is 2.43. The van der Waals surface area contributed by atoms with Crippen LogP contribution in [0.5, 0.6) is 0 Å². The molecule has 104 valence electrons. The predicted molar refractivity (Wildman–Crippen MR) is 81.8 cm³/mol. The van der Waals surface area contributed by atoms with Gasteiger partial charge in [-0.1, -0.05) is 48.5 Å². The van der Waals surface area contributed by atoms with E-state index in [1.54, 1.807) is 6.07 Å². The summed E-state index contributed by atoms with van der Waals surface area (Å²) in [5.74, 6) is 6.38. The van der Waals surface area contributed by atoms with Crippen LogP contribution in [0, 0.1) is 0 Å². The number of hydrazine groups is 1. The minimum absolute atomic E-state index is 0.405. The van der Waals surface area contributed by atoms with Crippen LogP contribution in [0.1, 0.15) is 37.7 Å². The van der Waals surface area contributed by atoms with Gasteiger partial charge in [0.25, 0.3) is 0 Å². The Kier molecular flexibility index (Phi) is 5.49. The van der Waals surface area contributed by atoms with Crippen molar-refractivity contribution in [3.8, 4) is 0 Å². The van der Waals surface area contributed by atoms with Gasteiger partial charge >= 0.3 is 0 Å². The predicted octanol–water partition coefficient (Wildman–Crippen LogP) is 3.73. The van der Waals surface area contributed by atoms with E-state index in [0.717, 1.165) is 24.2 Å². The summed E-state index contributed by atoms with van der Waals surface area (Å²) in [6.07, 6.45) is 6.82. The Morgan fingerprint density at radius 3 is 2.58 bits per heavy atom. The van der Waals surface area contributed by atoms with Gasteiger partial charge in [-0.25, -0.2) is 5.84 Å². The van der Waals surface area contributed by atoms with Crippen LogP contribution in [-0.2, 0) is 6.42 Å². The highest BCUT2D eigenvalue weighted by Crippen LogP contribution is 2.23. The first-order chi connectivity index (χ1) is 9.19. The van der Waals surface area contributed by atoms with Gasteiger partial charge < -0.3 is 5.43 Å². The molecule has 0 bridgehead atoms. The zero-order valence-electron chi connectivity index (χ0n) is 10.8. The quantitative estimate of drug-likeness (QED) is 0.387. The van der Waals surface area contributed by atoms with Gasteiger partial charge in [0.15, 0.2) is 0 Å². The van der Waals surface area contributed by atoms with Crippen LogP contribution in [0.3, 0.4) is 0 Å². The third-order valence-electron chi connectivity index (χ3n) is 3.44. The maximum Gasteiger partial charge on any atom is 0.115 e. The number of amidine groups is 1. The zero-order chi connectivity index (χ0) is 13.7. The summed E-state index contributed by atoms with van der Waals surface area (Å²) in [7, 11) is 0. The standard InChI is InChI=1S/C14H19Cl2N3/c15-12-7-6-10(8-13(12)16)9-14(19-17)18-11-4-2-1-3-5-11/h6-8,11H,1-5,9,17H2,(H,18,19). The van der Waals surface area contributed by atoms with Gasteiger partial charge in [0.1, 0.15) is 5.84 Å². The van der Waals surface area contributed by atoms with E-state index in [1.807, 2.05) is 12.1 Å². The highest BCUT2D eigenvalue weighted by Gasteiger charge is 2.13. The van der Waals surface area contributed by atoms with Crippen molar-refractivity contribution in [2.75, 3.05) is 0 Å². The highest BCUT2D eigenvalue weighted by molar-refractivity contribution is 6.42. The number of hydrogen-bond acceptors (Lipinski definition) is 2. The van der Waals surface area contributed by atoms with Crippen molar-refractivity contribution in [3.63, 3.8) is 0 Å². The SMILES string of the molecule is NNC(Cc1ccc(Cl)c(Cl)c1)=NC1CCCCC1. The molecule has 1 aliphatic rings. The first-order valence-electron chi connectivity index (χ1n) is 6.66. The Labute approximate surface area is 124 Å². The third kappa shape index (κ3) is 4.37. The van der Waals surface area contributed by atoms with Gasteiger partial charge in [-0.05, 0) is 30.5 Å². The second kappa shape index (κ2) is 7.13. The molecule has 3 nitrogen and oxygen atoms in total. The molecule has 0 atom stereocenters. The molecule has 0 amide bonds. The second-order valence-electron chi connectivity index (χ2n) is 4.94. The van der Waals surface area contributed by atoms with E-state index in [0.29, 0.717) is 22.5 Å². The lowest BCUT2D eigenvalue weighted by atomic mass is 9.96. The monoisotopic (exact) mass is 299 g/mol. The summed E-state index contributed by atoms with van der Waals surface area (Å²) in [6, 6.07) is 6.01. The van der Waals surface area contributed by atoms with Crippen LogP contribution in [0.25, 0.3) is 0 Å². The molecule has 2 rings (SSSR count). The average molecular weight is 300 g/mol. The molecule has 0 aromatic heterocycles. The lowest BCUT2D eigenvalue weighted by molar-refractivity contribution is 0.442. The second-order valence-corrected chi connectivity index (χ2v) is 5.75. The molecule has 0 aliphatic heterocycles. The summed E-state index contributed by atoms with van der Waals surface area (Å²) in [4.78, 5) is 4.71. The normalized spacial score (nSPS) is 17.5. The zero-order valence-corrected chi connectivity index (χ0v) is 12.3. The number of hydrogen-bond donors (Lipinski definition) is 2. The molecule has 3 N–H and O–H groups in total. The molecule has 0 unspecified atom stereocenters. The summed E-state index contributed by atoms with van der Waals surface area (Å²) in [5, 5.41) is 1.13. The highest BCUT2D eigenvalue weighted by atomic mass is 35.5. The molecule has 1 aromatic carbocycles. The Balaban J connectivity index is 2.05. The van der Waals surface area contributed by atoms with Crippen LogP contribution in [0.2, 0.25) is 10.0 Å². The van der Waals surface area contributed by atoms with Crippen molar-refractivity contribution in [1.29, 1.82) is 0 Å². The Hall–Kier alpha value is -0.770. The van der Waals surface area contributed by atoms with Gasteiger partial charge in [-0.3, -0.25) is 4.99 Å². The topological polar surface area (TPSA) is 50.4 Å². The van der Waals surface area contributed by atoms with E-state index in [1.165, 1.54) is 19.3 Å². The number of halogens is 2. The lowest BCUT2D eigenvalue weighted by Crippen LogP contribution is -2.33. The number of nitrogens with two attached hydrogens (primary N) is 1. The van der Waals surface area contributed by atoms with Crippen molar-refractivity contribution in [2.45, 2.75) is 44.6 Å².